The van der Waals surface area contributed by atoms with Crippen LogP contribution in [0.1, 0.15) is 5.56 Å². The molecule has 4 N–H and O–H groups in total. The Bertz CT molecular complexity index is 1140. The van der Waals surface area contributed by atoms with Gasteiger partial charge in [-0.3, -0.25) is 14.5 Å². The van der Waals surface area contributed by atoms with Gasteiger partial charge in [0.2, 0.25) is 5.16 Å². The number of thioether (sulfide) groups is 2. The van der Waals surface area contributed by atoms with Crippen LogP contribution in [0.15, 0.2) is 51.9 Å². The Morgan fingerprint density at radius 2 is 2.09 bits per heavy atom. The van der Waals surface area contributed by atoms with Gasteiger partial charge in [0.15, 0.2) is 5.71 Å². The summed E-state index contributed by atoms with van der Waals surface area (Å²) >= 11 is 2.40. The fraction of sp³-hybridized carbons (Fsp3) is 0.235. The molecule has 2 aliphatic heterocycles. The van der Waals surface area contributed by atoms with Gasteiger partial charge in [-0.25, -0.2) is 0 Å². The van der Waals surface area contributed by atoms with E-state index in [1.165, 1.54) is 11.8 Å². The van der Waals surface area contributed by atoms with E-state index in [0.29, 0.717) is 11.1 Å². The third-order valence-electron chi connectivity index (χ3n) is 4.73. The fourth-order valence-electron chi connectivity index (χ4n) is 3.25. The van der Waals surface area contributed by atoms with Gasteiger partial charge in [-0.1, -0.05) is 52.3 Å². The van der Waals surface area contributed by atoms with E-state index in [1.54, 1.807) is 30.3 Å². The molecule has 166 valence electrons. The Hall–Kier alpha value is -2.59. The average molecular weight is 498 g/mol. The minimum absolute atomic E-state index is 0. The number of aliphatic carboxylic acids is 1. The smallest absolute Gasteiger partial charge is 0.543 e. The van der Waals surface area contributed by atoms with Crippen LogP contribution in [0.2, 0.25) is 0 Å². The average Bonchev–Trinajstić information content (AvgIpc) is 3.21. The molecule has 3 heterocycles. The number of oxime groups is 1. The van der Waals surface area contributed by atoms with Crippen LogP contribution in [-0.2, 0) is 14.4 Å². The van der Waals surface area contributed by atoms with Crippen LogP contribution in [-0.4, -0.2) is 76.8 Å². The van der Waals surface area contributed by atoms with Crippen LogP contribution in [0.4, 0.5) is 0 Å². The molecule has 0 unspecified atom stereocenters. The summed E-state index contributed by atoms with van der Waals surface area (Å²) in [4.78, 5) is 39.2. The van der Waals surface area contributed by atoms with Crippen molar-refractivity contribution in [3.63, 3.8) is 0 Å². The van der Waals surface area contributed by atoms with Crippen molar-refractivity contribution in [2.45, 2.75) is 16.6 Å². The molecule has 0 radical (unpaired) electrons. The van der Waals surface area contributed by atoms with E-state index < -0.39 is 29.2 Å². The summed E-state index contributed by atoms with van der Waals surface area (Å²) in [5.74, 6) is 3.15. The quantitative estimate of drug-likeness (QED) is 0.0628. The van der Waals surface area contributed by atoms with Crippen molar-refractivity contribution in [2.75, 3.05) is 17.3 Å². The number of nitrogens with two attached hydrogens (primary N) is 1. The summed E-state index contributed by atoms with van der Waals surface area (Å²) in [7, 11) is 0. The van der Waals surface area contributed by atoms with Crippen molar-refractivity contribution in [3.8, 4) is 0 Å². The molecule has 2 aromatic rings. The molecule has 13 nitrogen and oxygen atoms in total. The van der Waals surface area contributed by atoms with E-state index in [-0.39, 0.29) is 57.6 Å². The molecule has 0 saturated carbocycles. The number of carbonyl (C=O) groups excluding carboxylic acids is 3. The number of tetrazole rings is 1. The number of carboxylic acids is 1. The Labute approximate surface area is 217 Å². The Morgan fingerprint density at radius 1 is 1.36 bits per heavy atom. The second-order valence-electron chi connectivity index (χ2n) is 6.61. The van der Waals surface area contributed by atoms with E-state index in [0.717, 1.165) is 21.5 Å². The molecule has 16 heteroatoms. The zero-order valence-electron chi connectivity index (χ0n) is 17.1. The van der Waals surface area contributed by atoms with Crippen LogP contribution in [0.25, 0.3) is 0 Å². The molecule has 33 heavy (non-hydrogen) atoms. The number of hydrogen-bond donors (Lipinski definition) is 3. The SMILES string of the molecule is Nn1nnnc1SCC1=C(C(=O)[O-])N2C(=O)[C@@H](NC(=O)/C(=N/O)c3ccccc3)[C@H]2SC1.[Na+]. The third-order valence-corrected chi connectivity index (χ3v) is 7.09. The Kier molecular flexibility index (Phi) is 8.01. The summed E-state index contributed by atoms with van der Waals surface area (Å²) in [6.45, 7) is 0. The number of amides is 2. The molecule has 2 amide bonds. The van der Waals surface area contributed by atoms with E-state index in [9.17, 15) is 24.7 Å². The molecular weight excluding hydrogens is 483 g/mol. The Balaban J connectivity index is 0.00000306. The minimum Gasteiger partial charge on any atom is -0.543 e. The molecule has 0 bridgehead atoms. The van der Waals surface area contributed by atoms with Gasteiger partial charge in [0.05, 0.1) is 11.7 Å². The van der Waals surface area contributed by atoms with Gasteiger partial charge in [0.25, 0.3) is 11.8 Å². The monoisotopic (exact) mass is 498 g/mol. The number of hydrogen-bond acceptors (Lipinski definition) is 12. The zero-order chi connectivity index (χ0) is 22.8. The van der Waals surface area contributed by atoms with Crippen LogP contribution >= 0.6 is 23.5 Å². The molecule has 2 aliphatic rings. The summed E-state index contributed by atoms with van der Waals surface area (Å²) < 4.78 is 0. The molecule has 4 rings (SSSR count). The van der Waals surface area contributed by atoms with Gasteiger partial charge in [-0.15, -0.1) is 16.6 Å². The van der Waals surface area contributed by atoms with Crippen molar-refractivity contribution in [3.05, 3.63) is 47.2 Å². The largest absolute Gasteiger partial charge is 1.00 e. The normalized spacial score (nSPS) is 19.9. The van der Waals surface area contributed by atoms with E-state index in [2.05, 4.69) is 26.0 Å². The number of carbonyl (C=O) groups is 3. The number of β-lactam (4-membered cyclic amide) rings is 1. The first-order valence-corrected chi connectivity index (χ1v) is 11.1. The molecule has 1 saturated heterocycles. The maximum Gasteiger partial charge on any atom is 1.00 e. The minimum atomic E-state index is -1.50. The third kappa shape index (κ3) is 4.86. The van der Waals surface area contributed by atoms with Gasteiger partial charge in [0.1, 0.15) is 11.4 Å². The van der Waals surface area contributed by atoms with Gasteiger partial charge in [-0.2, -0.15) is 0 Å². The number of aromatic nitrogens is 4. The summed E-state index contributed by atoms with van der Waals surface area (Å²) in [5, 5.41) is 36.9. The van der Waals surface area contributed by atoms with Crippen molar-refractivity contribution in [1.29, 1.82) is 0 Å². The van der Waals surface area contributed by atoms with E-state index >= 15 is 0 Å². The number of benzene rings is 1. The predicted octanol–water partition coefficient (Wildman–Crippen LogP) is -5.23. The van der Waals surface area contributed by atoms with E-state index in [4.69, 9.17) is 5.84 Å². The first-order valence-electron chi connectivity index (χ1n) is 9.05. The number of rotatable bonds is 7. The molecule has 0 spiro atoms. The molecule has 1 aromatic carbocycles. The molecule has 1 fully saturated rings. The number of nitrogens with one attached hydrogen (secondary N) is 1. The van der Waals surface area contributed by atoms with Crippen LogP contribution in [0.5, 0.6) is 0 Å². The molecule has 0 aliphatic carbocycles. The maximum absolute atomic E-state index is 12.7. The first-order chi connectivity index (χ1) is 15.4. The van der Waals surface area contributed by atoms with Crippen molar-refractivity contribution in [1.82, 2.24) is 30.5 Å². The summed E-state index contributed by atoms with van der Waals surface area (Å²) in [6, 6.07) is 7.25. The second kappa shape index (κ2) is 10.6. The van der Waals surface area contributed by atoms with Crippen LogP contribution in [0, 0.1) is 0 Å². The van der Waals surface area contributed by atoms with Gasteiger partial charge in [0, 0.05) is 17.1 Å². The number of carboxylic acid groups (broad SMARTS) is 1. The summed E-state index contributed by atoms with van der Waals surface area (Å²) in [5.41, 5.74) is 0.306. The van der Waals surface area contributed by atoms with Crippen molar-refractivity contribution in [2.24, 2.45) is 5.16 Å². The molecular formula is C17H15N8NaO5S2. The van der Waals surface area contributed by atoms with Gasteiger partial charge >= 0.3 is 29.6 Å². The first kappa shape index (κ1) is 25.0. The van der Waals surface area contributed by atoms with E-state index in [1.807, 2.05) is 0 Å². The van der Waals surface area contributed by atoms with Crippen molar-refractivity contribution >= 4 is 47.0 Å². The fourth-order valence-corrected chi connectivity index (χ4v) is 5.54. The summed E-state index contributed by atoms with van der Waals surface area (Å²) in [6.07, 6.45) is 0. The van der Waals surface area contributed by atoms with Crippen molar-refractivity contribution < 1.29 is 54.3 Å². The maximum atomic E-state index is 12.7. The zero-order valence-corrected chi connectivity index (χ0v) is 20.7. The Morgan fingerprint density at radius 3 is 2.70 bits per heavy atom. The van der Waals surface area contributed by atoms with Crippen LogP contribution in [0.3, 0.4) is 0 Å². The topological polar surface area (TPSA) is 192 Å². The molecule has 1 aromatic heterocycles. The second-order valence-corrected chi connectivity index (χ2v) is 8.66. The predicted molar refractivity (Wildman–Crippen MR) is 111 cm³/mol. The number of fused-ring (bicyclic) bond motifs is 1. The number of nitrogen functional groups attached to an aromatic ring is 1. The number of nitrogens with zero attached hydrogens (tertiary/aromatic N) is 6. The van der Waals surface area contributed by atoms with Gasteiger partial charge < -0.3 is 26.3 Å². The van der Waals surface area contributed by atoms with Crippen LogP contribution < -0.4 is 45.8 Å². The molecule has 2 atom stereocenters. The standard InChI is InChI=1S/C17H16N8O5S2.Na/c18-25-17(20-22-23-25)32-7-9-6-31-15-11(14(27)24(15)12(9)16(28)29)19-13(26)10(21-30)8-4-2-1-3-5-8;/h1-5,11,15,30H,6-7,18H2,(H,19,26)(H,28,29);/q;+1/p-1/b21-10+;/t11-,15-;/m1./s1. The van der Waals surface area contributed by atoms with Gasteiger partial charge in [-0.05, 0) is 16.0 Å².